The number of hydrogen-bond donors (Lipinski definition) is 1. The normalized spacial score (nSPS) is 17.8. The van der Waals surface area contributed by atoms with Crippen molar-refractivity contribution in [3.8, 4) is 0 Å². The van der Waals surface area contributed by atoms with Crippen LogP contribution in [0.3, 0.4) is 0 Å². The molecule has 5 nitrogen and oxygen atoms in total. The molecule has 2 amide bonds. The van der Waals surface area contributed by atoms with Crippen molar-refractivity contribution in [3.63, 3.8) is 0 Å². The van der Waals surface area contributed by atoms with E-state index in [2.05, 4.69) is 4.98 Å². The van der Waals surface area contributed by atoms with E-state index in [4.69, 9.17) is 0 Å². The molecule has 0 bridgehead atoms. The number of pyridine rings is 1. The number of carbonyl (C=O) groups excluding carboxylic acids is 2. The number of thioether (sulfide) groups is 1. The second-order valence-electron chi connectivity index (χ2n) is 4.10. The number of amides is 2. The lowest BCUT2D eigenvalue weighted by atomic mass is 10.2. The number of fused-ring (bicyclic) bond motifs is 1. The minimum Gasteiger partial charge on any atom is -0.395 e. The summed E-state index contributed by atoms with van der Waals surface area (Å²) in [6.45, 7) is 1.69. The lowest BCUT2D eigenvalue weighted by Gasteiger charge is -2.27. The van der Waals surface area contributed by atoms with Gasteiger partial charge in [0, 0.05) is 17.6 Å². The van der Waals surface area contributed by atoms with Crippen molar-refractivity contribution < 1.29 is 14.7 Å². The molecule has 0 saturated heterocycles. The predicted octanol–water partition coefficient (Wildman–Crippen LogP) is 0.790. The maximum absolute atomic E-state index is 12.2. The third-order valence-electron chi connectivity index (χ3n) is 3.15. The van der Waals surface area contributed by atoms with E-state index in [1.165, 1.54) is 29.1 Å². The van der Waals surface area contributed by atoms with Crippen LogP contribution in [0.4, 0.5) is 0 Å². The molecular weight excluding hydrogens is 252 g/mol. The molecule has 0 spiro atoms. The van der Waals surface area contributed by atoms with Crippen LogP contribution in [-0.4, -0.2) is 51.0 Å². The Morgan fingerprint density at radius 1 is 1.39 bits per heavy atom. The van der Waals surface area contributed by atoms with Gasteiger partial charge in [0.1, 0.15) is 0 Å². The third kappa shape index (κ3) is 1.91. The molecule has 0 aromatic carbocycles. The molecule has 6 heteroatoms. The van der Waals surface area contributed by atoms with Crippen molar-refractivity contribution in [2.45, 2.75) is 18.2 Å². The molecule has 1 N–H and O–H groups in total. The van der Waals surface area contributed by atoms with E-state index in [0.717, 1.165) is 0 Å². The van der Waals surface area contributed by atoms with Gasteiger partial charge in [-0.3, -0.25) is 19.5 Å². The van der Waals surface area contributed by atoms with Gasteiger partial charge >= 0.3 is 0 Å². The second kappa shape index (κ2) is 5.07. The summed E-state index contributed by atoms with van der Waals surface area (Å²) in [5.41, 5.74) is 0.729. The molecule has 1 aromatic rings. The molecule has 1 aromatic heterocycles. The molecular formula is C12H14N2O3S. The SMILES string of the molecule is CSC(CO)C(C)N1C(=O)c2ccncc2C1=O. The van der Waals surface area contributed by atoms with Crippen molar-refractivity contribution in [2.75, 3.05) is 12.9 Å². The van der Waals surface area contributed by atoms with Crippen LogP contribution in [0.25, 0.3) is 0 Å². The van der Waals surface area contributed by atoms with E-state index < -0.39 is 0 Å². The Hall–Kier alpha value is -1.40. The standard InChI is InChI=1S/C12H14N2O3S/c1-7(10(6-15)18-2)14-11(16)8-3-4-13-5-9(8)12(14)17/h3-5,7,10,15H,6H2,1-2H3. The van der Waals surface area contributed by atoms with Gasteiger partial charge < -0.3 is 5.11 Å². The summed E-state index contributed by atoms with van der Waals surface area (Å²) < 4.78 is 0. The minimum atomic E-state index is -0.350. The Morgan fingerprint density at radius 3 is 2.61 bits per heavy atom. The van der Waals surface area contributed by atoms with Gasteiger partial charge in [0.25, 0.3) is 11.8 Å². The molecule has 2 heterocycles. The van der Waals surface area contributed by atoms with Crippen LogP contribution in [0.1, 0.15) is 27.6 Å². The Morgan fingerprint density at radius 2 is 2.06 bits per heavy atom. The van der Waals surface area contributed by atoms with Crippen molar-refractivity contribution in [1.82, 2.24) is 9.88 Å². The Labute approximate surface area is 109 Å². The van der Waals surface area contributed by atoms with Gasteiger partial charge in [0.2, 0.25) is 0 Å². The fourth-order valence-corrected chi connectivity index (χ4v) is 2.73. The van der Waals surface area contributed by atoms with E-state index >= 15 is 0 Å². The summed E-state index contributed by atoms with van der Waals surface area (Å²) in [7, 11) is 0. The monoisotopic (exact) mass is 266 g/mol. The molecule has 0 aliphatic carbocycles. The summed E-state index contributed by atoms with van der Waals surface area (Å²) >= 11 is 1.44. The van der Waals surface area contributed by atoms with Gasteiger partial charge in [-0.25, -0.2) is 0 Å². The zero-order chi connectivity index (χ0) is 13.3. The predicted molar refractivity (Wildman–Crippen MR) is 68.6 cm³/mol. The van der Waals surface area contributed by atoms with E-state index in [-0.39, 0.29) is 29.7 Å². The first-order chi connectivity index (χ1) is 8.61. The lowest BCUT2D eigenvalue weighted by molar-refractivity contribution is 0.0582. The fourth-order valence-electron chi connectivity index (χ4n) is 2.06. The van der Waals surface area contributed by atoms with Gasteiger partial charge in [-0.15, -0.1) is 0 Å². The molecule has 0 fully saturated rings. The molecule has 96 valence electrons. The second-order valence-corrected chi connectivity index (χ2v) is 5.18. The van der Waals surface area contributed by atoms with Crippen molar-refractivity contribution >= 4 is 23.6 Å². The average molecular weight is 266 g/mol. The third-order valence-corrected chi connectivity index (χ3v) is 4.30. The minimum absolute atomic E-state index is 0.0754. The van der Waals surface area contributed by atoms with Crippen LogP contribution in [0, 0.1) is 0 Å². The number of nitrogens with zero attached hydrogens (tertiary/aromatic N) is 2. The molecule has 1 aliphatic rings. The summed E-state index contributed by atoms with van der Waals surface area (Å²) in [6, 6.07) is 1.20. The maximum atomic E-state index is 12.2. The summed E-state index contributed by atoms with van der Waals surface area (Å²) in [5, 5.41) is 9.08. The first-order valence-electron chi connectivity index (χ1n) is 5.57. The zero-order valence-corrected chi connectivity index (χ0v) is 11.0. The van der Waals surface area contributed by atoms with Crippen molar-refractivity contribution in [3.05, 3.63) is 29.6 Å². The molecule has 18 heavy (non-hydrogen) atoms. The van der Waals surface area contributed by atoms with Crippen LogP contribution in [0.5, 0.6) is 0 Å². The van der Waals surface area contributed by atoms with Gasteiger partial charge in [-0.05, 0) is 19.2 Å². The summed E-state index contributed by atoms with van der Waals surface area (Å²) in [4.78, 5) is 29.4. The number of aliphatic hydroxyl groups is 1. The van der Waals surface area contributed by atoms with Crippen molar-refractivity contribution in [1.29, 1.82) is 0 Å². The highest BCUT2D eigenvalue weighted by Crippen LogP contribution is 2.27. The van der Waals surface area contributed by atoms with Gasteiger partial charge in [0.05, 0.1) is 23.8 Å². The number of hydrogen-bond acceptors (Lipinski definition) is 5. The molecule has 0 saturated carbocycles. The Bertz CT molecular complexity index is 453. The van der Waals surface area contributed by atoms with Crippen LogP contribution in [0.2, 0.25) is 0 Å². The quantitative estimate of drug-likeness (QED) is 0.816. The van der Waals surface area contributed by atoms with Crippen LogP contribution in [0.15, 0.2) is 18.5 Å². The maximum Gasteiger partial charge on any atom is 0.263 e. The number of carbonyl (C=O) groups is 2. The van der Waals surface area contributed by atoms with Crippen LogP contribution in [-0.2, 0) is 0 Å². The molecule has 2 rings (SSSR count). The molecule has 2 unspecified atom stereocenters. The van der Waals surface area contributed by atoms with E-state index in [0.29, 0.717) is 11.1 Å². The van der Waals surface area contributed by atoms with Crippen LogP contribution >= 0.6 is 11.8 Å². The highest BCUT2D eigenvalue weighted by Gasteiger charge is 2.40. The highest BCUT2D eigenvalue weighted by atomic mass is 32.2. The number of imide groups is 1. The topological polar surface area (TPSA) is 70.5 Å². The average Bonchev–Trinajstić information content (AvgIpc) is 2.64. The molecule has 2 atom stereocenters. The largest absolute Gasteiger partial charge is 0.395 e. The first kappa shape index (κ1) is 13.0. The highest BCUT2D eigenvalue weighted by molar-refractivity contribution is 7.99. The zero-order valence-electron chi connectivity index (χ0n) is 10.2. The van der Waals surface area contributed by atoms with Crippen molar-refractivity contribution in [2.24, 2.45) is 0 Å². The number of aromatic nitrogens is 1. The van der Waals surface area contributed by atoms with E-state index in [1.54, 1.807) is 13.0 Å². The van der Waals surface area contributed by atoms with Gasteiger partial charge in [-0.2, -0.15) is 11.8 Å². The molecule has 0 radical (unpaired) electrons. The fraction of sp³-hybridized carbons (Fsp3) is 0.417. The van der Waals surface area contributed by atoms with E-state index in [9.17, 15) is 14.7 Å². The summed E-state index contributed by atoms with van der Waals surface area (Å²) in [5.74, 6) is -0.638. The van der Waals surface area contributed by atoms with Crippen LogP contribution < -0.4 is 0 Å². The smallest absolute Gasteiger partial charge is 0.263 e. The first-order valence-corrected chi connectivity index (χ1v) is 6.86. The summed E-state index contributed by atoms with van der Waals surface area (Å²) in [6.07, 6.45) is 4.75. The number of rotatable bonds is 4. The molecule has 1 aliphatic heterocycles. The lowest BCUT2D eigenvalue weighted by Crippen LogP contribution is -2.45. The van der Waals surface area contributed by atoms with Gasteiger partial charge in [0.15, 0.2) is 0 Å². The Kier molecular flexibility index (Phi) is 3.68. The Balaban J connectivity index is 2.33. The number of aliphatic hydroxyl groups excluding tert-OH is 1. The van der Waals surface area contributed by atoms with Gasteiger partial charge in [-0.1, -0.05) is 0 Å². The van der Waals surface area contributed by atoms with E-state index in [1.807, 2.05) is 6.26 Å².